The van der Waals surface area contributed by atoms with Gasteiger partial charge in [0.15, 0.2) is 11.6 Å². The van der Waals surface area contributed by atoms with Gasteiger partial charge >= 0.3 is 0 Å². The lowest BCUT2D eigenvalue weighted by Crippen LogP contribution is -2.54. The number of primary amides is 1. The van der Waals surface area contributed by atoms with Crippen LogP contribution in [0.2, 0.25) is 0 Å². The van der Waals surface area contributed by atoms with E-state index in [-0.39, 0.29) is 11.9 Å². The summed E-state index contributed by atoms with van der Waals surface area (Å²) in [6.45, 7) is 2.52. The molecule has 2 unspecified atom stereocenters. The molecule has 4 nitrogen and oxygen atoms in total. The predicted octanol–water partition coefficient (Wildman–Crippen LogP) is 1.73. The number of carbonyl (C=O) groups excluding carboxylic acids is 1. The molecule has 110 valence electrons. The summed E-state index contributed by atoms with van der Waals surface area (Å²) in [5, 5.41) is 3.11. The number of rotatable bonds is 5. The lowest BCUT2D eigenvalue weighted by atomic mass is 9.96. The van der Waals surface area contributed by atoms with E-state index in [0.29, 0.717) is 25.8 Å². The first-order chi connectivity index (χ1) is 9.47. The van der Waals surface area contributed by atoms with E-state index in [0.717, 1.165) is 12.1 Å². The maximum absolute atomic E-state index is 13.1. The highest BCUT2D eigenvalue weighted by atomic mass is 19.2. The Balaban J connectivity index is 2.05. The Morgan fingerprint density at radius 3 is 2.85 bits per heavy atom. The van der Waals surface area contributed by atoms with E-state index in [9.17, 15) is 13.6 Å². The number of nitrogens with two attached hydrogens (primary N) is 1. The van der Waals surface area contributed by atoms with Gasteiger partial charge in [0.2, 0.25) is 5.91 Å². The highest BCUT2D eigenvalue weighted by Gasteiger charge is 2.44. The maximum Gasteiger partial charge on any atom is 0.237 e. The molecule has 0 bridgehead atoms. The number of carbonyl (C=O) groups is 1. The quantitative estimate of drug-likeness (QED) is 0.865. The summed E-state index contributed by atoms with van der Waals surface area (Å²) in [6, 6.07) is 3.40. The van der Waals surface area contributed by atoms with E-state index in [4.69, 9.17) is 10.5 Å². The van der Waals surface area contributed by atoms with Crippen molar-refractivity contribution in [3.63, 3.8) is 0 Å². The molecule has 1 aliphatic carbocycles. The van der Waals surface area contributed by atoms with Crippen molar-refractivity contribution in [3.8, 4) is 5.75 Å². The van der Waals surface area contributed by atoms with Gasteiger partial charge in [-0.15, -0.1) is 0 Å². The van der Waals surface area contributed by atoms with Crippen LogP contribution in [0.1, 0.15) is 26.2 Å². The third-order valence-corrected chi connectivity index (χ3v) is 3.65. The molecule has 20 heavy (non-hydrogen) atoms. The van der Waals surface area contributed by atoms with Crippen molar-refractivity contribution in [1.82, 2.24) is 5.32 Å². The highest BCUT2D eigenvalue weighted by Crippen LogP contribution is 2.33. The first kappa shape index (κ1) is 14.7. The molecule has 1 saturated carbocycles. The fourth-order valence-electron chi connectivity index (χ4n) is 2.65. The lowest BCUT2D eigenvalue weighted by Gasteiger charge is -2.26. The van der Waals surface area contributed by atoms with Crippen LogP contribution in [0.25, 0.3) is 0 Å². The van der Waals surface area contributed by atoms with Gasteiger partial charge in [-0.25, -0.2) is 8.78 Å². The molecule has 1 aromatic rings. The number of ether oxygens (including phenoxy) is 1. The standard InChI is InChI=1S/C14H18F2N2O2/c1-2-18-14(13(17)19)6-5-10(8-14)20-9-3-4-11(15)12(16)7-9/h3-4,7,10,18H,2,5-6,8H2,1H3,(H2,17,19). The number of amides is 1. The fourth-order valence-corrected chi connectivity index (χ4v) is 2.65. The molecular formula is C14H18F2N2O2. The van der Waals surface area contributed by atoms with Crippen LogP contribution in [0, 0.1) is 11.6 Å². The number of hydrogen-bond donors (Lipinski definition) is 2. The smallest absolute Gasteiger partial charge is 0.237 e. The molecule has 3 N–H and O–H groups in total. The zero-order valence-corrected chi connectivity index (χ0v) is 11.3. The molecular weight excluding hydrogens is 266 g/mol. The van der Waals surface area contributed by atoms with E-state index in [2.05, 4.69) is 5.32 Å². The van der Waals surface area contributed by atoms with Crippen molar-refractivity contribution in [2.24, 2.45) is 5.73 Å². The van der Waals surface area contributed by atoms with Gasteiger partial charge < -0.3 is 15.8 Å². The lowest BCUT2D eigenvalue weighted by molar-refractivity contribution is -0.124. The summed E-state index contributed by atoms with van der Waals surface area (Å²) >= 11 is 0. The molecule has 0 saturated heterocycles. The Morgan fingerprint density at radius 2 is 2.25 bits per heavy atom. The van der Waals surface area contributed by atoms with Crippen LogP contribution in [0.5, 0.6) is 5.75 Å². The second-order valence-corrected chi connectivity index (χ2v) is 5.04. The van der Waals surface area contributed by atoms with Crippen molar-refractivity contribution in [2.45, 2.75) is 37.8 Å². The summed E-state index contributed by atoms with van der Waals surface area (Å²) in [5.74, 6) is -2.02. The average molecular weight is 284 g/mol. The minimum Gasteiger partial charge on any atom is -0.490 e. The maximum atomic E-state index is 13.1. The molecule has 1 amide bonds. The topological polar surface area (TPSA) is 64.3 Å². The van der Waals surface area contributed by atoms with Crippen LogP contribution < -0.4 is 15.8 Å². The highest BCUT2D eigenvalue weighted by molar-refractivity contribution is 5.85. The largest absolute Gasteiger partial charge is 0.490 e. The summed E-state index contributed by atoms with van der Waals surface area (Å²) in [4.78, 5) is 11.6. The van der Waals surface area contributed by atoms with E-state index in [1.807, 2.05) is 6.92 Å². The number of hydrogen-bond acceptors (Lipinski definition) is 3. The zero-order chi connectivity index (χ0) is 14.8. The molecule has 0 spiro atoms. The molecule has 0 aromatic heterocycles. The van der Waals surface area contributed by atoms with E-state index >= 15 is 0 Å². The normalized spacial score (nSPS) is 25.6. The minimum atomic E-state index is -0.951. The van der Waals surface area contributed by atoms with Crippen LogP contribution in [0.15, 0.2) is 18.2 Å². The predicted molar refractivity (Wildman–Crippen MR) is 70.2 cm³/mol. The molecule has 0 heterocycles. The van der Waals surface area contributed by atoms with E-state index in [1.165, 1.54) is 6.07 Å². The Labute approximate surface area is 116 Å². The summed E-state index contributed by atoms with van der Waals surface area (Å²) in [5.41, 5.74) is 4.69. The zero-order valence-electron chi connectivity index (χ0n) is 11.3. The van der Waals surface area contributed by atoms with Crippen molar-refractivity contribution in [2.75, 3.05) is 6.54 Å². The second kappa shape index (κ2) is 5.75. The molecule has 0 radical (unpaired) electrons. The first-order valence-corrected chi connectivity index (χ1v) is 6.63. The molecule has 2 atom stereocenters. The average Bonchev–Trinajstić information content (AvgIpc) is 2.79. The van der Waals surface area contributed by atoms with Gasteiger partial charge in [0.05, 0.1) is 0 Å². The van der Waals surface area contributed by atoms with Gasteiger partial charge in [-0.1, -0.05) is 6.92 Å². The monoisotopic (exact) mass is 284 g/mol. The Kier molecular flexibility index (Phi) is 4.23. The Hall–Kier alpha value is -1.69. The van der Waals surface area contributed by atoms with Crippen molar-refractivity contribution < 1.29 is 18.3 Å². The third kappa shape index (κ3) is 2.90. The van der Waals surface area contributed by atoms with Gasteiger partial charge in [0.25, 0.3) is 0 Å². The van der Waals surface area contributed by atoms with E-state index in [1.54, 1.807) is 0 Å². The Morgan fingerprint density at radius 1 is 1.50 bits per heavy atom. The van der Waals surface area contributed by atoms with Gasteiger partial charge in [0.1, 0.15) is 17.4 Å². The van der Waals surface area contributed by atoms with Crippen molar-refractivity contribution >= 4 is 5.91 Å². The molecule has 1 aromatic carbocycles. The SMILES string of the molecule is CCNC1(C(N)=O)CCC(Oc2ccc(F)c(F)c2)C1. The van der Waals surface area contributed by atoms with Crippen LogP contribution in [0.3, 0.4) is 0 Å². The fraction of sp³-hybridized carbons (Fsp3) is 0.500. The number of halogens is 2. The van der Waals surface area contributed by atoms with Crippen LogP contribution >= 0.6 is 0 Å². The van der Waals surface area contributed by atoms with Gasteiger partial charge in [-0.2, -0.15) is 0 Å². The molecule has 1 aliphatic rings. The Bertz CT molecular complexity index is 510. The van der Waals surface area contributed by atoms with Crippen LogP contribution in [0.4, 0.5) is 8.78 Å². The summed E-state index contributed by atoms with van der Waals surface area (Å²) in [7, 11) is 0. The molecule has 1 fully saturated rings. The van der Waals surface area contributed by atoms with Crippen molar-refractivity contribution in [1.29, 1.82) is 0 Å². The minimum absolute atomic E-state index is 0.244. The molecule has 2 rings (SSSR count). The molecule has 0 aliphatic heterocycles. The van der Waals surface area contributed by atoms with Crippen molar-refractivity contribution in [3.05, 3.63) is 29.8 Å². The van der Waals surface area contributed by atoms with Gasteiger partial charge in [0, 0.05) is 12.5 Å². The second-order valence-electron chi connectivity index (χ2n) is 5.04. The molecule has 6 heteroatoms. The van der Waals surface area contributed by atoms with Gasteiger partial charge in [-0.05, 0) is 31.5 Å². The third-order valence-electron chi connectivity index (χ3n) is 3.65. The van der Waals surface area contributed by atoms with Gasteiger partial charge in [-0.3, -0.25) is 4.79 Å². The first-order valence-electron chi connectivity index (χ1n) is 6.63. The van der Waals surface area contributed by atoms with Crippen LogP contribution in [-0.2, 0) is 4.79 Å². The number of benzene rings is 1. The van der Waals surface area contributed by atoms with E-state index < -0.39 is 23.1 Å². The van der Waals surface area contributed by atoms with Crippen LogP contribution in [-0.4, -0.2) is 24.1 Å². The number of likely N-dealkylation sites (N-methyl/N-ethyl adjacent to an activating group) is 1. The number of nitrogens with one attached hydrogen (secondary N) is 1. The summed E-state index contributed by atoms with van der Waals surface area (Å²) in [6.07, 6.45) is 1.39. The summed E-state index contributed by atoms with van der Waals surface area (Å²) < 4.78 is 31.6.